The normalized spacial score (nSPS) is 11.3. The Morgan fingerprint density at radius 3 is 1.14 bits per heavy atom. The number of nitrogens with zero attached hydrogens (tertiary/aromatic N) is 4. The van der Waals surface area contributed by atoms with Gasteiger partial charge in [0.1, 0.15) is 33.6 Å². The summed E-state index contributed by atoms with van der Waals surface area (Å²) in [6, 6.07) is 33.6. The van der Waals surface area contributed by atoms with Crippen LogP contribution in [0.5, 0.6) is 11.5 Å². The van der Waals surface area contributed by atoms with Crippen molar-refractivity contribution in [3.05, 3.63) is 106 Å². The minimum Gasteiger partial charge on any atom is -0.494 e. The molecule has 0 saturated heterocycles. The molecule has 7 aromatic rings. The maximum atomic E-state index is 5.86. The number of unbranched alkanes of at least 4 members (excludes halogenated alkanes) is 2. The lowest BCUT2D eigenvalue weighted by molar-refractivity contribution is 0.309. The summed E-state index contributed by atoms with van der Waals surface area (Å²) in [5.41, 5.74) is 11.0. The Hall–Kier alpha value is -4.18. The standard InChI is InChI=1S/C40H34Br2N4O2S/c1-3-5-23-47-31-19-15-27(16-20-31)25-7-11-29(12-8-25)35-36(44-38-34(42)40-39(45-49-46-40)33(41)37(38)43-35)30-13-9-26(10-14-30)28-17-21-32(22-18-28)48-24-6-4-2/h7-22H,3-6,23-24H2,1-2H3. The molecule has 49 heavy (non-hydrogen) atoms. The van der Waals surface area contributed by atoms with Crippen molar-refractivity contribution in [2.24, 2.45) is 0 Å². The first-order chi connectivity index (χ1) is 24.0. The van der Waals surface area contributed by atoms with E-state index < -0.39 is 0 Å². The molecule has 0 amide bonds. The zero-order chi connectivity index (χ0) is 33.7. The Morgan fingerprint density at radius 2 is 0.796 bits per heavy atom. The van der Waals surface area contributed by atoms with Crippen LogP contribution >= 0.6 is 43.6 Å². The van der Waals surface area contributed by atoms with Gasteiger partial charge in [0.25, 0.3) is 0 Å². The van der Waals surface area contributed by atoms with Crippen LogP contribution in [0.3, 0.4) is 0 Å². The number of rotatable bonds is 12. The molecule has 0 aliphatic carbocycles. The summed E-state index contributed by atoms with van der Waals surface area (Å²) in [7, 11) is 0. The molecular formula is C40H34Br2N4O2S. The van der Waals surface area contributed by atoms with E-state index in [0.29, 0.717) is 0 Å². The van der Waals surface area contributed by atoms with E-state index in [9.17, 15) is 0 Å². The Kier molecular flexibility index (Phi) is 10.3. The molecular weight excluding hydrogens is 760 g/mol. The van der Waals surface area contributed by atoms with Gasteiger partial charge in [0.2, 0.25) is 0 Å². The lowest BCUT2D eigenvalue weighted by Crippen LogP contribution is -1.98. The van der Waals surface area contributed by atoms with Gasteiger partial charge in [-0.3, -0.25) is 0 Å². The lowest BCUT2D eigenvalue weighted by atomic mass is 9.98. The SMILES string of the molecule is CCCCOc1ccc(-c2ccc(-c3nc4c(Br)c5nsnc5c(Br)c4nc3-c3ccc(-c4ccc(OCCCC)cc4)cc3)cc2)cc1. The topological polar surface area (TPSA) is 70.0 Å². The fourth-order valence-electron chi connectivity index (χ4n) is 5.64. The van der Waals surface area contributed by atoms with Crippen LogP contribution in [0.2, 0.25) is 0 Å². The number of ether oxygens (including phenoxy) is 2. The Balaban J connectivity index is 1.25. The number of hydrogen-bond acceptors (Lipinski definition) is 7. The van der Waals surface area contributed by atoms with Crippen LogP contribution in [-0.4, -0.2) is 31.9 Å². The second-order valence-corrected chi connectivity index (χ2v) is 13.9. The summed E-state index contributed by atoms with van der Waals surface area (Å²) >= 11 is 8.71. The Labute approximate surface area is 307 Å². The largest absolute Gasteiger partial charge is 0.494 e. The van der Waals surface area contributed by atoms with Crippen LogP contribution in [0, 0.1) is 0 Å². The Morgan fingerprint density at radius 1 is 0.469 bits per heavy atom. The summed E-state index contributed by atoms with van der Waals surface area (Å²) in [5.74, 6) is 1.79. The average Bonchev–Trinajstić information content (AvgIpc) is 3.65. The van der Waals surface area contributed by atoms with Gasteiger partial charge in [0, 0.05) is 11.1 Å². The van der Waals surface area contributed by atoms with E-state index in [2.05, 4.69) is 127 Å². The maximum Gasteiger partial charge on any atom is 0.122 e. The van der Waals surface area contributed by atoms with E-state index in [1.165, 1.54) is 11.7 Å². The number of halogens is 2. The highest BCUT2D eigenvalue weighted by Gasteiger charge is 2.21. The summed E-state index contributed by atoms with van der Waals surface area (Å²) in [4.78, 5) is 10.5. The zero-order valence-corrected chi connectivity index (χ0v) is 31.2. The quantitative estimate of drug-likeness (QED) is 0.115. The van der Waals surface area contributed by atoms with Crippen molar-refractivity contribution in [3.63, 3.8) is 0 Å². The van der Waals surface area contributed by atoms with Gasteiger partial charge in [-0.1, -0.05) is 99.5 Å². The third kappa shape index (κ3) is 7.11. The van der Waals surface area contributed by atoms with Crippen molar-refractivity contribution in [1.29, 1.82) is 0 Å². The maximum absolute atomic E-state index is 5.86. The van der Waals surface area contributed by atoms with Crippen molar-refractivity contribution in [2.45, 2.75) is 39.5 Å². The van der Waals surface area contributed by atoms with E-state index in [1.54, 1.807) is 0 Å². The van der Waals surface area contributed by atoms with Crippen LogP contribution in [0.1, 0.15) is 39.5 Å². The van der Waals surface area contributed by atoms with E-state index in [4.69, 9.17) is 19.4 Å². The highest BCUT2D eigenvalue weighted by Crippen LogP contribution is 2.41. The third-order valence-corrected chi connectivity index (χ3v) is 10.5. The van der Waals surface area contributed by atoms with Crippen molar-refractivity contribution in [3.8, 4) is 56.3 Å². The van der Waals surface area contributed by atoms with Crippen molar-refractivity contribution in [1.82, 2.24) is 18.7 Å². The number of aromatic nitrogens is 4. The molecule has 7 rings (SSSR count). The minimum atomic E-state index is 0.728. The van der Waals surface area contributed by atoms with Gasteiger partial charge in [0.15, 0.2) is 0 Å². The van der Waals surface area contributed by atoms with E-state index in [0.717, 1.165) is 126 Å². The molecule has 0 saturated carbocycles. The third-order valence-electron chi connectivity index (χ3n) is 8.44. The molecule has 0 aliphatic heterocycles. The van der Waals surface area contributed by atoms with E-state index >= 15 is 0 Å². The van der Waals surface area contributed by atoms with Crippen LogP contribution in [-0.2, 0) is 0 Å². The predicted octanol–water partition coefficient (Wildman–Crippen LogP) is 12.2. The molecule has 0 unspecified atom stereocenters. The van der Waals surface area contributed by atoms with Crippen LogP contribution in [0.4, 0.5) is 0 Å². The molecule has 0 bridgehead atoms. The molecule has 2 heterocycles. The highest BCUT2D eigenvalue weighted by atomic mass is 79.9. The smallest absolute Gasteiger partial charge is 0.122 e. The average molecular weight is 795 g/mol. The molecule has 2 aromatic heterocycles. The Bertz CT molecular complexity index is 2050. The molecule has 246 valence electrons. The molecule has 0 radical (unpaired) electrons. The predicted molar refractivity (Wildman–Crippen MR) is 208 cm³/mol. The number of hydrogen-bond donors (Lipinski definition) is 0. The molecule has 0 aliphatic rings. The van der Waals surface area contributed by atoms with Gasteiger partial charge >= 0.3 is 0 Å². The van der Waals surface area contributed by atoms with Gasteiger partial charge in [-0.25, -0.2) is 9.97 Å². The van der Waals surface area contributed by atoms with Crippen LogP contribution in [0.15, 0.2) is 106 Å². The van der Waals surface area contributed by atoms with E-state index in [-0.39, 0.29) is 0 Å². The fraction of sp³-hybridized carbons (Fsp3) is 0.200. The van der Waals surface area contributed by atoms with Gasteiger partial charge < -0.3 is 9.47 Å². The second kappa shape index (κ2) is 15.2. The van der Waals surface area contributed by atoms with Crippen molar-refractivity contribution < 1.29 is 9.47 Å². The van der Waals surface area contributed by atoms with Gasteiger partial charge in [0.05, 0.1) is 45.3 Å². The zero-order valence-electron chi connectivity index (χ0n) is 27.2. The summed E-state index contributed by atoms with van der Waals surface area (Å²) in [6.45, 7) is 5.81. The molecule has 6 nitrogen and oxygen atoms in total. The minimum absolute atomic E-state index is 0.728. The summed E-state index contributed by atoms with van der Waals surface area (Å²) in [5, 5.41) is 0. The number of benzene rings is 5. The first-order valence-corrected chi connectivity index (χ1v) is 18.8. The monoisotopic (exact) mass is 792 g/mol. The molecule has 0 fully saturated rings. The van der Waals surface area contributed by atoms with Crippen molar-refractivity contribution >= 4 is 65.7 Å². The molecule has 0 spiro atoms. The second-order valence-electron chi connectivity index (χ2n) is 11.8. The van der Waals surface area contributed by atoms with Gasteiger partial charge in [-0.15, -0.1) is 0 Å². The fourth-order valence-corrected chi connectivity index (χ4v) is 7.54. The first kappa shape index (κ1) is 33.3. The van der Waals surface area contributed by atoms with Crippen LogP contribution in [0.25, 0.3) is 66.8 Å². The van der Waals surface area contributed by atoms with Gasteiger partial charge in [-0.05, 0) is 91.2 Å². The molecule has 0 N–H and O–H groups in total. The van der Waals surface area contributed by atoms with Crippen LogP contribution < -0.4 is 9.47 Å². The first-order valence-electron chi connectivity index (χ1n) is 16.5. The molecule has 5 aromatic carbocycles. The van der Waals surface area contributed by atoms with Gasteiger partial charge in [-0.2, -0.15) is 8.75 Å². The molecule has 9 heteroatoms. The lowest BCUT2D eigenvalue weighted by Gasteiger charge is -2.14. The highest BCUT2D eigenvalue weighted by molar-refractivity contribution is 9.11. The van der Waals surface area contributed by atoms with Crippen molar-refractivity contribution in [2.75, 3.05) is 13.2 Å². The summed E-state index contributed by atoms with van der Waals surface area (Å²) in [6.07, 6.45) is 4.33. The molecule has 0 atom stereocenters. The summed E-state index contributed by atoms with van der Waals surface area (Å²) < 4.78 is 22.3. The number of fused-ring (bicyclic) bond motifs is 2. The van der Waals surface area contributed by atoms with E-state index in [1.807, 2.05) is 24.3 Å².